The van der Waals surface area contributed by atoms with Gasteiger partial charge < -0.3 is 10.8 Å². The molecule has 3 nitrogen and oxygen atoms in total. The van der Waals surface area contributed by atoms with Gasteiger partial charge in [-0.2, -0.15) is 12.6 Å². The Morgan fingerprint density at radius 2 is 2.25 bits per heavy atom. The van der Waals surface area contributed by atoms with Gasteiger partial charge in [0.05, 0.1) is 5.56 Å². The monoisotopic (exact) mass is 183 g/mol. The summed E-state index contributed by atoms with van der Waals surface area (Å²) in [6, 6.07) is 4.59. The Morgan fingerprint density at radius 1 is 1.58 bits per heavy atom. The van der Waals surface area contributed by atoms with Crippen LogP contribution in [0.4, 0.5) is 5.69 Å². The first-order valence-electron chi connectivity index (χ1n) is 3.37. The maximum Gasteiger partial charge on any atom is 0.335 e. The minimum Gasteiger partial charge on any atom is -0.478 e. The van der Waals surface area contributed by atoms with Crippen molar-refractivity contribution in [2.45, 2.75) is 5.75 Å². The fourth-order valence-electron chi connectivity index (χ4n) is 0.876. The summed E-state index contributed by atoms with van der Waals surface area (Å²) in [6.45, 7) is 0. The van der Waals surface area contributed by atoms with Crippen molar-refractivity contribution in [2.75, 3.05) is 5.73 Å². The van der Waals surface area contributed by atoms with Crippen LogP contribution in [-0.4, -0.2) is 11.1 Å². The Labute approximate surface area is 75.6 Å². The second kappa shape index (κ2) is 3.49. The molecule has 0 spiro atoms. The Balaban J connectivity index is 3.13. The summed E-state index contributed by atoms with van der Waals surface area (Å²) < 4.78 is 0. The fourth-order valence-corrected chi connectivity index (χ4v) is 1.15. The van der Waals surface area contributed by atoms with Crippen molar-refractivity contribution < 1.29 is 9.90 Å². The molecule has 3 N–H and O–H groups in total. The van der Waals surface area contributed by atoms with E-state index in [1.807, 2.05) is 0 Å². The molecule has 0 amide bonds. The molecular formula is C8H9NO2S. The van der Waals surface area contributed by atoms with Crippen LogP contribution in [0.25, 0.3) is 0 Å². The van der Waals surface area contributed by atoms with Gasteiger partial charge in [-0.15, -0.1) is 0 Å². The number of nitrogen functional groups attached to an aromatic ring is 1. The molecule has 0 aliphatic carbocycles. The molecule has 1 aromatic rings. The van der Waals surface area contributed by atoms with Crippen molar-refractivity contribution in [1.82, 2.24) is 0 Å². The summed E-state index contributed by atoms with van der Waals surface area (Å²) in [5.74, 6) is -0.495. The third kappa shape index (κ3) is 1.71. The van der Waals surface area contributed by atoms with Gasteiger partial charge in [0.1, 0.15) is 0 Å². The number of thiol groups is 1. The van der Waals surface area contributed by atoms with Gasteiger partial charge >= 0.3 is 5.97 Å². The molecule has 0 radical (unpaired) electrons. The minimum atomic E-state index is -0.946. The van der Waals surface area contributed by atoms with Crippen LogP contribution in [0.5, 0.6) is 0 Å². The predicted octanol–water partition coefficient (Wildman–Crippen LogP) is 1.40. The van der Waals surface area contributed by atoms with Gasteiger partial charge in [0.15, 0.2) is 0 Å². The molecule has 0 unspecified atom stereocenters. The highest BCUT2D eigenvalue weighted by Gasteiger charge is 2.04. The van der Waals surface area contributed by atoms with E-state index in [-0.39, 0.29) is 5.56 Å². The highest BCUT2D eigenvalue weighted by molar-refractivity contribution is 7.79. The van der Waals surface area contributed by atoms with Crippen LogP contribution in [0.15, 0.2) is 18.2 Å². The van der Waals surface area contributed by atoms with Crippen LogP contribution in [0, 0.1) is 0 Å². The van der Waals surface area contributed by atoms with Crippen molar-refractivity contribution in [1.29, 1.82) is 0 Å². The number of rotatable bonds is 2. The van der Waals surface area contributed by atoms with Crippen molar-refractivity contribution in [2.24, 2.45) is 0 Å². The molecule has 0 aliphatic rings. The van der Waals surface area contributed by atoms with Gasteiger partial charge in [-0.05, 0) is 23.8 Å². The third-order valence-electron chi connectivity index (χ3n) is 1.56. The number of carboxylic acids is 1. The first kappa shape index (κ1) is 8.93. The van der Waals surface area contributed by atoms with Gasteiger partial charge in [-0.1, -0.05) is 0 Å². The van der Waals surface area contributed by atoms with Gasteiger partial charge in [0.2, 0.25) is 0 Å². The molecule has 0 saturated heterocycles. The second-order valence-corrected chi connectivity index (χ2v) is 2.69. The number of anilines is 1. The van der Waals surface area contributed by atoms with Gasteiger partial charge in [-0.25, -0.2) is 4.79 Å². The van der Waals surface area contributed by atoms with Crippen LogP contribution in [-0.2, 0) is 5.75 Å². The Hall–Kier alpha value is -1.16. The largest absolute Gasteiger partial charge is 0.478 e. The molecule has 12 heavy (non-hydrogen) atoms. The lowest BCUT2D eigenvalue weighted by molar-refractivity contribution is 0.0697. The van der Waals surface area contributed by atoms with E-state index in [1.54, 1.807) is 6.07 Å². The van der Waals surface area contributed by atoms with Crippen molar-refractivity contribution in [3.05, 3.63) is 29.3 Å². The van der Waals surface area contributed by atoms with Crippen molar-refractivity contribution >= 4 is 24.3 Å². The number of nitrogens with two attached hydrogens (primary N) is 1. The van der Waals surface area contributed by atoms with E-state index >= 15 is 0 Å². The Morgan fingerprint density at radius 3 is 2.75 bits per heavy atom. The van der Waals surface area contributed by atoms with Crippen LogP contribution in [0.1, 0.15) is 15.9 Å². The van der Waals surface area contributed by atoms with Gasteiger partial charge in [-0.3, -0.25) is 0 Å². The first-order chi connectivity index (χ1) is 5.65. The van der Waals surface area contributed by atoms with Gasteiger partial charge in [0, 0.05) is 11.4 Å². The number of benzene rings is 1. The summed E-state index contributed by atoms with van der Waals surface area (Å²) in [5, 5.41) is 8.63. The third-order valence-corrected chi connectivity index (χ3v) is 1.90. The number of aromatic carboxylic acids is 1. The predicted molar refractivity (Wildman–Crippen MR) is 50.5 cm³/mol. The standard InChI is InChI=1S/C8H9NO2S/c9-7-2-1-5(8(10)11)3-6(7)4-12/h1-3,12H,4,9H2,(H,10,11). The molecule has 0 fully saturated rings. The number of carbonyl (C=O) groups is 1. The Kier molecular flexibility index (Phi) is 2.60. The molecule has 1 aromatic carbocycles. The molecular weight excluding hydrogens is 174 g/mol. The number of hydrogen-bond acceptors (Lipinski definition) is 3. The van der Waals surface area contributed by atoms with Crippen LogP contribution in [0.2, 0.25) is 0 Å². The average molecular weight is 183 g/mol. The number of carboxylic acid groups (broad SMARTS) is 1. The molecule has 0 aliphatic heterocycles. The smallest absolute Gasteiger partial charge is 0.335 e. The van der Waals surface area contributed by atoms with Crippen LogP contribution >= 0.6 is 12.6 Å². The molecule has 64 valence electrons. The minimum absolute atomic E-state index is 0.244. The molecule has 1 rings (SSSR count). The Bertz CT molecular complexity index is 312. The van der Waals surface area contributed by atoms with Crippen molar-refractivity contribution in [3.63, 3.8) is 0 Å². The lowest BCUT2D eigenvalue weighted by atomic mass is 10.1. The van der Waals surface area contributed by atoms with E-state index in [9.17, 15) is 4.79 Å². The molecule has 0 saturated carbocycles. The zero-order chi connectivity index (χ0) is 9.14. The molecule has 0 atom stereocenters. The maximum absolute atomic E-state index is 10.5. The van der Waals surface area contributed by atoms with Crippen LogP contribution < -0.4 is 5.73 Å². The molecule has 4 heteroatoms. The maximum atomic E-state index is 10.5. The van der Waals surface area contributed by atoms with Crippen LogP contribution in [0.3, 0.4) is 0 Å². The summed E-state index contributed by atoms with van der Waals surface area (Å²) in [4.78, 5) is 10.5. The van der Waals surface area contributed by atoms with Crippen molar-refractivity contribution in [3.8, 4) is 0 Å². The molecule has 0 bridgehead atoms. The second-order valence-electron chi connectivity index (χ2n) is 2.38. The summed E-state index contributed by atoms with van der Waals surface area (Å²) in [6.07, 6.45) is 0. The highest BCUT2D eigenvalue weighted by Crippen LogP contribution is 2.15. The van der Waals surface area contributed by atoms with E-state index in [1.165, 1.54) is 12.1 Å². The van der Waals surface area contributed by atoms with Gasteiger partial charge in [0.25, 0.3) is 0 Å². The van der Waals surface area contributed by atoms with E-state index in [0.717, 1.165) is 5.56 Å². The summed E-state index contributed by atoms with van der Waals surface area (Å²) in [7, 11) is 0. The van der Waals surface area contributed by atoms with E-state index in [0.29, 0.717) is 11.4 Å². The summed E-state index contributed by atoms with van der Waals surface area (Å²) in [5.41, 5.74) is 7.13. The van der Waals surface area contributed by atoms with E-state index < -0.39 is 5.97 Å². The van der Waals surface area contributed by atoms with E-state index in [2.05, 4.69) is 12.6 Å². The topological polar surface area (TPSA) is 63.3 Å². The fraction of sp³-hybridized carbons (Fsp3) is 0.125. The lowest BCUT2D eigenvalue weighted by Gasteiger charge is -2.02. The molecule has 0 heterocycles. The average Bonchev–Trinajstić information content (AvgIpc) is 2.05. The molecule has 0 aromatic heterocycles. The first-order valence-corrected chi connectivity index (χ1v) is 4.01. The quantitative estimate of drug-likeness (QED) is 0.479. The van der Waals surface area contributed by atoms with E-state index in [4.69, 9.17) is 10.8 Å². The normalized spacial score (nSPS) is 9.75. The number of hydrogen-bond donors (Lipinski definition) is 3. The summed E-state index contributed by atoms with van der Waals surface area (Å²) >= 11 is 4.02. The lowest BCUT2D eigenvalue weighted by Crippen LogP contribution is -1.99. The zero-order valence-electron chi connectivity index (χ0n) is 6.32. The SMILES string of the molecule is Nc1ccc(C(=O)O)cc1CS. The zero-order valence-corrected chi connectivity index (χ0v) is 7.21. The highest BCUT2D eigenvalue weighted by atomic mass is 32.1.